The summed E-state index contributed by atoms with van der Waals surface area (Å²) in [5, 5.41) is 1.17. The minimum absolute atomic E-state index is 0.679. The molecule has 0 saturated heterocycles. The van der Waals surface area contributed by atoms with Crippen molar-refractivity contribution < 1.29 is 4.74 Å². The van der Waals surface area contributed by atoms with Gasteiger partial charge in [-0.3, -0.25) is 0 Å². The van der Waals surface area contributed by atoms with Crippen molar-refractivity contribution in [2.75, 3.05) is 6.61 Å². The summed E-state index contributed by atoms with van der Waals surface area (Å²) in [5.74, 6) is 0.893. The number of aromatic nitrogens is 2. The van der Waals surface area contributed by atoms with Gasteiger partial charge in [0.05, 0.1) is 6.61 Å². The smallest absolute Gasteiger partial charge is 0.144 e. The Morgan fingerprint density at radius 3 is 2.25 bits per heavy atom. The van der Waals surface area contributed by atoms with Gasteiger partial charge in [0.2, 0.25) is 0 Å². The molecule has 0 unspecified atom stereocenters. The Morgan fingerprint density at radius 1 is 0.821 bits per heavy atom. The maximum absolute atomic E-state index is 5.53. The molecule has 0 amide bonds. The molecule has 2 aromatic heterocycles. The summed E-state index contributed by atoms with van der Waals surface area (Å²) in [6.45, 7) is 4.86. The second-order valence-corrected chi connectivity index (χ2v) is 7.04. The fourth-order valence-electron chi connectivity index (χ4n) is 3.51. The summed E-state index contributed by atoms with van der Waals surface area (Å²) in [7, 11) is 0. The van der Waals surface area contributed by atoms with Gasteiger partial charge in [0.1, 0.15) is 11.4 Å². The second kappa shape index (κ2) is 8.30. The zero-order valence-corrected chi connectivity index (χ0v) is 16.6. The number of fused-ring (bicyclic) bond motifs is 1. The monoisotopic (exact) mass is 370 g/mol. The lowest BCUT2D eigenvalue weighted by Gasteiger charge is -2.08. The molecule has 2 heterocycles. The van der Waals surface area contributed by atoms with Gasteiger partial charge >= 0.3 is 0 Å². The molecule has 0 aliphatic carbocycles. The number of hydrogen-bond donors (Lipinski definition) is 0. The first-order valence-corrected chi connectivity index (χ1v) is 10.0. The van der Waals surface area contributed by atoms with Crippen molar-refractivity contribution in [3.8, 4) is 11.4 Å². The lowest BCUT2D eigenvalue weighted by atomic mass is 10.0. The van der Waals surface area contributed by atoms with Crippen molar-refractivity contribution in [2.45, 2.75) is 33.1 Å². The van der Waals surface area contributed by atoms with Gasteiger partial charge in [-0.1, -0.05) is 31.2 Å². The molecule has 0 aliphatic heterocycles. The van der Waals surface area contributed by atoms with Crippen LogP contribution < -0.4 is 4.74 Å². The highest BCUT2D eigenvalue weighted by atomic mass is 16.5. The van der Waals surface area contributed by atoms with E-state index in [0.29, 0.717) is 6.61 Å². The quantitative estimate of drug-likeness (QED) is 0.413. The van der Waals surface area contributed by atoms with E-state index in [1.54, 1.807) is 0 Å². The zero-order chi connectivity index (χ0) is 19.3. The predicted octanol–water partition coefficient (Wildman–Crippen LogP) is 5.77. The number of ether oxygens (including phenoxy) is 1. The fraction of sp³-hybridized carbons (Fsp3) is 0.240. The SMILES string of the molecule is CCOc1ccc(-n2ccc3cc(CCc4ccc(CC)cc4)cnc32)cc1. The molecule has 0 aliphatic rings. The molecule has 0 bridgehead atoms. The minimum atomic E-state index is 0.679. The van der Waals surface area contributed by atoms with E-state index in [4.69, 9.17) is 9.72 Å². The van der Waals surface area contributed by atoms with Crippen molar-refractivity contribution in [3.63, 3.8) is 0 Å². The number of nitrogens with zero attached hydrogens (tertiary/aromatic N) is 2. The van der Waals surface area contributed by atoms with E-state index in [9.17, 15) is 0 Å². The molecule has 0 spiro atoms. The molecule has 3 heteroatoms. The molecular formula is C25H26N2O. The van der Waals surface area contributed by atoms with Gasteiger partial charge < -0.3 is 9.30 Å². The summed E-state index contributed by atoms with van der Waals surface area (Å²) in [4.78, 5) is 4.75. The second-order valence-electron chi connectivity index (χ2n) is 7.04. The molecule has 142 valence electrons. The predicted molar refractivity (Wildman–Crippen MR) is 115 cm³/mol. The molecule has 0 atom stereocenters. The molecule has 0 N–H and O–H groups in total. The van der Waals surface area contributed by atoms with E-state index in [1.165, 1.54) is 22.1 Å². The molecule has 0 radical (unpaired) electrons. The average molecular weight is 370 g/mol. The average Bonchev–Trinajstić information content (AvgIpc) is 3.17. The Morgan fingerprint density at radius 2 is 1.54 bits per heavy atom. The van der Waals surface area contributed by atoms with Gasteiger partial charge in [-0.15, -0.1) is 0 Å². The first-order chi connectivity index (χ1) is 13.8. The lowest BCUT2D eigenvalue weighted by molar-refractivity contribution is 0.340. The van der Waals surface area contributed by atoms with E-state index in [1.807, 2.05) is 25.3 Å². The van der Waals surface area contributed by atoms with Crippen LogP contribution in [-0.2, 0) is 19.3 Å². The molecule has 3 nitrogen and oxygen atoms in total. The highest BCUT2D eigenvalue weighted by Gasteiger charge is 2.06. The van der Waals surface area contributed by atoms with E-state index in [2.05, 4.69) is 66.2 Å². The number of aryl methyl sites for hydroxylation is 3. The number of benzene rings is 2. The molecular weight excluding hydrogens is 344 g/mol. The zero-order valence-electron chi connectivity index (χ0n) is 16.6. The van der Waals surface area contributed by atoms with Gasteiger partial charge in [0.25, 0.3) is 0 Å². The Bertz CT molecular complexity index is 1050. The van der Waals surface area contributed by atoms with Crippen LogP contribution in [-0.4, -0.2) is 16.2 Å². The standard InChI is InChI=1S/C25H26N2O/c1-3-19-5-7-20(8-6-19)9-10-21-17-22-15-16-27(25(22)26-18-21)23-11-13-24(14-12-23)28-4-2/h5-8,11-18H,3-4,9-10H2,1-2H3. The van der Waals surface area contributed by atoms with Gasteiger partial charge in [-0.25, -0.2) is 4.98 Å². The Hall–Kier alpha value is -3.07. The first-order valence-electron chi connectivity index (χ1n) is 10.0. The first kappa shape index (κ1) is 18.3. The molecule has 4 aromatic rings. The third-order valence-electron chi connectivity index (χ3n) is 5.14. The lowest BCUT2D eigenvalue weighted by Crippen LogP contribution is -1.97. The van der Waals surface area contributed by atoms with Crippen LogP contribution >= 0.6 is 0 Å². The van der Waals surface area contributed by atoms with Crippen molar-refractivity contribution >= 4 is 11.0 Å². The maximum atomic E-state index is 5.53. The van der Waals surface area contributed by atoms with Crippen LogP contribution in [0.2, 0.25) is 0 Å². The largest absolute Gasteiger partial charge is 0.494 e. The van der Waals surface area contributed by atoms with Gasteiger partial charge in [-0.05, 0) is 79.3 Å². The van der Waals surface area contributed by atoms with Crippen LogP contribution in [0.3, 0.4) is 0 Å². The Labute approximate surface area is 166 Å². The Balaban J connectivity index is 1.50. The third kappa shape index (κ3) is 3.94. The summed E-state index contributed by atoms with van der Waals surface area (Å²) in [6.07, 6.45) is 7.22. The third-order valence-corrected chi connectivity index (χ3v) is 5.14. The minimum Gasteiger partial charge on any atom is -0.494 e. The fourth-order valence-corrected chi connectivity index (χ4v) is 3.51. The highest BCUT2D eigenvalue weighted by molar-refractivity contribution is 5.78. The van der Waals surface area contributed by atoms with E-state index in [0.717, 1.165) is 36.3 Å². The van der Waals surface area contributed by atoms with Gasteiger partial charge in [-0.2, -0.15) is 0 Å². The van der Waals surface area contributed by atoms with Crippen LogP contribution in [0.5, 0.6) is 5.75 Å². The maximum Gasteiger partial charge on any atom is 0.144 e. The Kier molecular flexibility index (Phi) is 5.43. The van der Waals surface area contributed by atoms with Crippen molar-refractivity contribution in [3.05, 3.63) is 89.7 Å². The summed E-state index contributed by atoms with van der Waals surface area (Å²) < 4.78 is 7.66. The van der Waals surface area contributed by atoms with Gasteiger partial charge in [0, 0.05) is 23.5 Å². The molecule has 28 heavy (non-hydrogen) atoms. The van der Waals surface area contributed by atoms with Crippen molar-refractivity contribution in [2.24, 2.45) is 0 Å². The van der Waals surface area contributed by atoms with E-state index >= 15 is 0 Å². The normalized spacial score (nSPS) is 11.1. The highest BCUT2D eigenvalue weighted by Crippen LogP contribution is 2.22. The van der Waals surface area contributed by atoms with Gasteiger partial charge in [0.15, 0.2) is 0 Å². The van der Waals surface area contributed by atoms with Crippen molar-refractivity contribution in [1.29, 1.82) is 0 Å². The van der Waals surface area contributed by atoms with Crippen LogP contribution in [0.15, 0.2) is 73.1 Å². The van der Waals surface area contributed by atoms with Crippen LogP contribution in [0, 0.1) is 0 Å². The molecule has 2 aromatic carbocycles. The molecule has 0 saturated carbocycles. The van der Waals surface area contributed by atoms with Crippen LogP contribution in [0.25, 0.3) is 16.7 Å². The number of pyridine rings is 1. The van der Waals surface area contributed by atoms with Crippen molar-refractivity contribution in [1.82, 2.24) is 9.55 Å². The summed E-state index contributed by atoms with van der Waals surface area (Å²) in [6, 6.07) is 21.5. The molecule has 4 rings (SSSR count). The van der Waals surface area contributed by atoms with E-state index < -0.39 is 0 Å². The number of rotatable bonds is 7. The number of hydrogen-bond acceptors (Lipinski definition) is 2. The topological polar surface area (TPSA) is 27.1 Å². The van der Waals surface area contributed by atoms with Crippen LogP contribution in [0.1, 0.15) is 30.5 Å². The van der Waals surface area contributed by atoms with Crippen LogP contribution in [0.4, 0.5) is 0 Å². The summed E-state index contributed by atoms with van der Waals surface area (Å²) in [5.41, 5.74) is 6.12. The van der Waals surface area contributed by atoms with E-state index in [-0.39, 0.29) is 0 Å². The summed E-state index contributed by atoms with van der Waals surface area (Å²) >= 11 is 0. The molecule has 0 fully saturated rings.